The van der Waals surface area contributed by atoms with Crippen molar-refractivity contribution in [2.45, 2.75) is 195 Å². The first kappa shape index (κ1) is 62.2. The van der Waals surface area contributed by atoms with Crippen LogP contribution in [0, 0.1) is 53.3 Å². The summed E-state index contributed by atoms with van der Waals surface area (Å²) in [6, 6.07) is 25.4. The predicted molar refractivity (Wildman–Crippen MR) is 311 cm³/mol. The van der Waals surface area contributed by atoms with Crippen LogP contribution in [0.15, 0.2) is 85.1 Å². The Morgan fingerprint density at radius 2 is 1.49 bits per heavy atom. The Hall–Kier alpha value is -4.62. The summed E-state index contributed by atoms with van der Waals surface area (Å²) < 4.78 is 25.7. The molecule has 9 nitrogen and oxygen atoms in total. The Balaban J connectivity index is 1.22. The van der Waals surface area contributed by atoms with E-state index in [2.05, 4.69) is 139 Å². The van der Waals surface area contributed by atoms with Gasteiger partial charge in [-0.2, -0.15) is 0 Å². The number of benzene rings is 3. The molecule has 2 aliphatic heterocycles. The number of allylic oxidation sites excluding steroid dienone is 1. The second kappa shape index (κ2) is 31.1. The van der Waals surface area contributed by atoms with Crippen LogP contribution in [0.2, 0.25) is 0 Å². The molecule has 0 bridgehead atoms. The van der Waals surface area contributed by atoms with Gasteiger partial charge in [0, 0.05) is 62.5 Å². The zero-order valence-corrected chi connectivity index (χ0v) is 48.8. The average Bonchev–Trinajstić information content (AvgIpc) is 3.43. The van der Waals surface area contributed by atoms with Gasteiger partial charge in [0.1, 0.15) is 17.3 Å². The Morgan fingerprint density at radius 1 is 0.868 bits per heavy atom. The van der Waals surface area contributed by atoms with Gasteiger partial charge in [0.2, 0.25) is 5.91 Å². The van der Waals surface area contributed by atoms with Crippen LogP contribution in [0.5, 0.6) is 11.5 Å². The summed E-state index contributed by atoms with van der Waals surface area (Å²) in [5.74, 6) is 6.52. The van der Waals surface area contributed by atoms with E-state index in [1.807, 2.05) is 12.1 Å². The molecule has 2 aliphatic rings. The minimum atomic E-state index is -0.545. The first-order valence-corrected chi connectivity index (χ1v) is 29.6. The number of likely N-dealkylation sites (tertiary alicyclic amines) is 1. The van der Waals surface area contributed by atoms with E-state index < -0.39 is 5.41 Å². The maximum absolute atomic E-state index is 14.0. The number of hydrogen-bond acceptors (Lipinski definition) is 8. The first-order chi connectivity index (χ1) is 36.5. The van der Waals surface area contributed by atoms with E-state index in [0.29, 0.717) is 68.7 Å². The zero-order chi connectivity index (χ0) is 55.3. The van der Waals surface area contributed by atoms with Gasteiger partial charge in [0.25, 0.3) is 0 Å². The Kier molecular flexibility index (Phi) is 25.5. The number of rotatable bonds is 33. The van der Waals surface area contributed by atoms with Crippen molar-refractivity contribution in [3.05, 3.63) is 107 Å². The normalized spacial score (nSPS) is 20.8. The lowest BCUT2D eigenvalue weighted by molar-refractivity contribution is -0.252. The molecule has 0 aromatic heterocycles. The molecule has 2 N–H and O–H groups in total. The summed E-state index contributed by atoms with van der Waals surface area (Å²) in [4.78, 5) is 28.2. The highest BCUT2D eigenvalue weighted by atomic mass is 16.7. The molecule has 0 aliphatic carbocycles. The number of terminal acetylenes is 1. The van der Waals surface area contributed by atoms with Crippen molar-refractivity contribution < 1.29 is 33.6 Å². The van der Waals surface area contributed by atoms with Crippen molar-refractivity contribution in [2.75, 3.05) is 40.0 Å². The maximum Gasteiger partial charge on any atom is 0.222 e. The fourth-order valence-electron chi connectivity index (χ4n) is 12.8. The van der Waals surface area contributed by atoms with Gasteiger partial charge in [-0.25, -0.2) is 0 Å². The second-order valence-electron chi connectivity index (χ2n) is 23.5. The van der Waals surface area contributed by atoms with E-state index in [1.165, 1.54) is 16.7 Å². The lowest BCUT2D eigenvalue weighted by Gasteiger charge is -2.46. The van der Waals surface area contributed by atoms with Gasteiger partial charge in [-0.05, 0) is 172 Å². The van der Waals surface area contributed by atoms with Gasteiger partial charge in [-0.15, -0.1) is 12.3 Å². The average molecular weight is 1050 g/mol. The van der Waals surface area contributed by atoms with E-state index >= 15 is 0 Å². The van der Waals surface area contributed by atoms with E-state index in [1.54, 1.807) is 14.0 Å². The molecule has 7 unspecified atom stereocenters. The van der Waals surface area contributed by atoms with Crippen LogP contribution in [-0.4, -0.2) is 80.2 Å². The smallest absolute Gasteiger partial charge is 0.222 e. The van der Waals surface area contributed by atoms with Gasteiger partial charge in [-0.1, -0.05) is 117 Å². The maximum atomic E-state index is 14.0. The summed E-state index contributed by atoms with van der Waals surface area (Å²) in [6.45, 7) is 27.6. The molecular weight excluding hydrogens is 945 g/mol. The molecule has 0 saturated carbocycles. The summed E-state index contributed by atoms with van der Waals surface area (Å²) >= 11 is 0. The van der Waals surface area contributed by atoms with Crippen LogP contribution in [-0.2, 0) is 35.6 Å². The lowest BCUT2D eigenvalue weighted by Crippen LogP contribution is -2.47. The number of unbranched alkanes of at least 4 members (excludes halogenated alkanes) is 4. The van der Waals surface area contributed by atoms with Gasteiger partial charge >= 0.3 is 0 Å². The van der Waals surface area contributed by atoms with Crippen molar-refractivity contribution in [2.24, 2.45) is 40.9 Å². The number of nitrogens with one attached hydrogen (secondary N) is 1. The van der Waals surface area contributed by atoms with Crippen molar-refractivity contribution in [3.8, 4) is 23.8 Å². The number of carbonyl (C=O) groups excluding carboxylic acids is 2. The third-order valence-electron chi connectivity index (χ3n) is 17.7. The molecule has 9 heteroatoms. The number of methoxy groups -OCH3 is 1. The fraction of sp³-hybridized carbons (Fsp3) is 0.642. The van der Waals surface area contributed by atoms with Crippen molar-refractivity contribution >= 4 is 11.7 Å². The first-order valence-electron chi connectivity index (χ1n) is 29.6. The van der Waals surface area contributed by atoms with Crippen LogP contribution in [0.4, 0.5) is 0 Å². The molecule has 2 heterocycles. The van der Waals surface area contributed by atoms with Crippen LogP contribution >= 0.6 is 0 Å². The molecule has 5 rings (SSSR count). The lowest BCUT2D eigenvalue weighted by atomic mass is 9.63. The molecule has 0 radical (unpaired) electrons. The number of nitrogens with zero attached hydrogens (tertiary/aromatic N) is 1. The molecule has 0 spiro atoms. The molecule has 3 aromatic rings. The number of amides is 1. The van der Waals surface area contributed by atoms with Gasteiger partial charge in [0.05, 0.1) is 25.9 Å². The number of piperidine rings is 1. The van der Waals surface area contributed by atoms with Gasteiger partial charge in [0.15, 0.2) is 6.29 Å². The van der Waals surface area contributed by atoms with Crippen molar-refractivity contribution in [1.82, 2.24) is 10.2 Å². The minimum Gasteiger partial charge on any atom is -0.508 e. The van der Waals surface area contributed by atoms with E-state index in [-0.39, 0.29) is 47.3 Å². The third kappa shape index (κ3) is 17.4. The molecule has 7 atom stereocenters. The minimum absolute atomic E-state index is 0.0817. The Labute approximate surface area is 461 Å². The number of ether oxygens (including phenoxy) is 4. The quantitative estimate of drug-likeness (QED) is 0.0353. The third-order valence-corrected chi connectivity index (χ3v) is 17.7. The highest BCUT2D eigenvalue weighted by Crippen LogP contribution is 2.49. The topological polar surface area (TPSA) is 107 Å². The molecule has 2 saturated heterocycles. The number of hydrogen-bond donors (Lipinski definition) is 2. The van der Waals surface area contributed by atoms with Gasteiger partial charge < -0.3 is 39.1 Å². The van der Waals surface area contributed by atoms with Crippen molar-refractivity contribution in [1.29, 1.82) is 0 Å². The highest BCUT2D eigenvalue weighted by Gasteiger charge is 2.44. The van der Waals surface area contributed by atoms with Crippen LogP contribution in [0.1, 0.15) is 187 Å². The predicted octanol–water partition coefficient (Wildman–Crippen LogP) is 14.7. The number of phenols is 1. The Bertz CT molecular complexity index is 2170. The van der Waals surface area contributed by atoms with Crippen LogP contribution in [0.3, 0.4) is 0 Å². The highest BCUT2D eigenvalue weighted by molar-refractivity contribution is 5.76. The number of aromatic hydroxyl groups is 1. The van der Waals surface area contributed by atoms with Crippen LogP contribution < -0.4 is 10.1 Å². The molecular formula is C67H100N2O7. The number of ketones is 1. The molecule has 76 heavy (non-hydrogen) atoms. The summed E-state index contributed by atoms with van der Waals surface area (Å²) in [7, 11) is 1.71. The number of aryl methyl sites for hydroxylation is 1. The summed E-state index contributed by atoms with van der Waals surface area (Å²) in [6.07, 6.45) is 20.2. The second-order valence-corrected chi connectivity index (χ2v) is 23.5. The Morgan fingerprint density at radius 3 is 2.07 bits per heavy atom. The summed E-state index contributed by atoms with van der Waals surface area (Å²) in [5.41, 5.74) is 5.09. The standard InChI is InChI=1S/C67H100N2O7/c1-13-16-18-24-62(64(48(4)5)49(6)7)75-47-66(38-39-67(56-30-34-58(71)35-31-56,55-28-26-54(14-2)27-29-55)57-32-36-59(73-12)37-33-57)40-43-69(44-41-66)63(72)25-19-17-21-42-68-50(8)23-20-22-45-74-65-60(46-51(9)70)52(10)53(11)61(15-3)76-65/h1,26-37,48-49,52-53,60-62,64-65,68,71H,8,14-25,38-47H2,2-7,9-12H3. The molecule has 1 amide bonds. The monoisotopic (exact) mass is 1040 g/mol. The number of carbonyl (C=O) groups is 2. The zero-order valence-electron chi connectivity index (χ0n) is 48.8. The van der Waals surface area contributed by atoms with E-state index in [4.69, 9.17) is 25.4 Å². The molecule has 3 aromatic carbocycles. The SMILES string of the molecule is C#CCCCC(OCC1(CCC(c2ccc(O)cc2)(c2ccc(CC)cc2)c2ccc(OC)cc2)CCN(C(=O)CCCCCNC(=C)CCCCOC2OC(CC)C(C)C(C)C2CC(C)=O)CC1)C(C(C)C)C(C)C. The number of Topliss-reactive ketones (excluding diaryl/α,β-unsaturated/α-hetero) is 1. The van der Waals surface area contributed by atoms with E-state index in [9.17, 15) is 14.7 Å². The number of phenolic OH excluding ortho intramolecular Hbond substituents is 1. The summed E-state index contributed by atoms with van der Waals surface area (Å²) in [5, 5.41) is 14.1. The van der Waals surface area contributed by atoms with Crippen LogP contribution in [0.25, 0.3) is 0 Å². The largest absolute Gasteiger partial charge is 0.508 e. The molecule has 420 valence electrons. The van der Waals surface area contributed by atoms with E-state index in [0.717, 1.165) is 120 Å². The van der Waals surface area contributed by atoms with Crippen molar-refractivity contribution in [3.63, 3.8) is 0 Å². The van der Waals surface area contributed by atoms with Gasteiger partial charge in [-0.3, -0.25) is 4.79 Å². The molecule has 2 fully saturated rings. The fourth-order valence-corrected chi connectivity index (χ4v) is 12.8.